The third-order valence-electron chi connectivity index (χ3n) is 3.50. The van der Waals surface area contributed by atoms with E-state index in [1.165, 1.54) is 17.8 Å². The molecule has 0 bridgehead atoms. The topological polar surface area (TPSA) is 72.7 Å². The number of aromatic nitrogens is 4. The van der Waals surface area contributed by atoms with Crippen LogP contribution >= 0.6 is 11.8 Å². The molecule has 25 heavy (non-hydrogen) atoms. The Hall–Kier alpha value is -2.74. The number of benzene rings is 1. The number of aryl methyl sites for hydroxylation is 1. The van der Waals surface area contributed by atoms with Crippen LogP contribution in [0.2, 0.25) is 0 Å². The van der Waals surface area contributed by atoms with Crippen molar-refractivity contribution in [3.8, 4) is 11.4 Å². The second-order valence-corrected chi connectivity index (χ2v) is 6.36. The van der Waals surface area contributed by atoms with E-state index >= 15 is 0 Å². The van der Waals surface area contributed by atoms with Crippen LogP contribution in [-0.2, 0) is 11.8 Å². The second kappa shape index (κ2) is 7.43. The Morgan fingerprint density at radius 1 is 1.24 bits per heavy atom. The van der Waals surface area contributed by atoms with Crippen molar-refractivity contribution in [2.24, 2.45) is 7.05 Å². The van der Waals surface area contributed by atoms with Gasteiger partial charge in [-0.3, -0.25) is 9.78 Å². The lowest BCUT2D eigenvalue weighted by molar-refractivity contribution is -0.113. The highest BCUT2D eigenvalue weighted by Crippen LogP contribution is 2.22. The van der Waals surface area contributed by atoms with Crippen molar-refractivity contribution in [2.45, 2.75) is 12.1 Å². The van der Waals surface area contributed by atoms with Gasteiger partial charge in [0.15, 0.2) is 11.0 Å². The molecular weight excluding hydrogens is 341 g/mol. The number of nitrogens with zero attached hydrogens (tertiary/aromatic N) is 4. The molecule has 1 amide bonds. The summed E-state index contributed by atoms with van der Waals surface area (Å²) in [6, 6.07) is 8.36. The second-order valence-electron chi connectivity index (χ2n) is 5.42. The van der Waals surface area contributed by atoms with Gasteiger partial charge < -0.3 is 9.88 Å². The molecule has 6 nitrogen and oxygen atoms in total. The first kappa shape index (κ1) is 17.1. The molecule has 3 rings (SSSR count). The Morgan fingerprint density at radius 2 is 2.00 bits per heavy atom. The molecule has 0 spiro atoms. The molecular formula is C17H16FN5OS. The summed E-state index contributed by atoms with van der Waals surface area (Å²) < 4.78 is 15.6. The smallest absolute Gasteiger partial charge is 0.234 e. The van der Waals surface area contributed by atoms with E-state index < -0.39 is 5.82 Å². The van der Waals surface area contributed by atoms with Crippen molar-refractivity contribution in [3.05, 3.63) is 54.1 Å². The first-order valence-electron chi connectivity index (χ1n) is 7.53. The molecule has 8 heteroatoms. The number of carbonyl (C=O) groups excluding carboxylic acids is 1. The number of nitrogens with one attached hydrogen (secondary N) is 1. The minimum Gasteiger partial charge on any atom is -0.323 e. The molecule has 1 aromatic carbocycles. The van der Waals surface area contributed by atoms with Crippen molar-refractivity contribution in [1.29, 1.82) is 0 Å². The zero-order valence-electron chi connectivity index (χ0n) is 13.7. The van der Waals surface area contributed by atoms with E-state index in [0.29, 0.717) is 11.0 Å². The number of hydrogen-bond donors (Lipinski definition) is 1. The first-order chi connectivity index (χ1) is 12.0. The standard InChI is InChI=1S/C17H16FN5OS/c1-11-3-4-14(13(18)9-11)20-15(24)10-25-17-22-21-16(23(17)2)12-5-7-19-8-6-12/h3-9H,10H2,1-2H3,(H,20,24). The van der Waals surface area contributed by atoms with Crippen molar-refractivity contribution in [3.63, 3.8) is 0 Å². The molecule has 0 saturated carbocycles. The maximum atomic E-state index is 13.8. The average molecular weight is 357 g/mol. The molecule has 0 aliphatic rings. The molecule has 3 aromatic rings. The zero-order valence-corrected chi connectivity index (χ0v) is 14.5. The molecule has 2 heterocycles. The maximum absolute atomic E-state index is 13.8. The number of pyridine rings is 1. The van der Waals surface area contributed by atoms with Crippen LogP contribution in [0, 0.1) is 12.7 Å². The van der Waals surface area contributed by atoms with Gasteiger partial charge in [0.2, 0.25) is 5.91 Å². The molecule has 0 atom stereocenters. The quantitative estimate of drug-likeness (QED) is 0.711. The molecule has 128 valence electrons. The van der Waals surface area contributed by atoms with E-state index in [2.05, 4.69) is 20.5 Å². The van der Waals surface area contributed by atoms with Crippen molar-refractivity contribution >= 4 is 23.4 Å². The highest BCUT2D eigenvalue weighted by molar-refractivity contribution is 7.99. The molecule has 0 unspecified atom stereocenters. The van der Waals surface area contributed by atoms with Crippen LogP contribution in [0.1, 0.15) is 5.56 Å². The molecule has 0 aliphatic heterocycles. The highest BCUT2D eigenvalue weighted by atomic mass is 32.2. The zero-order chi connectivity index (χ0) is 17.8. The Balaban J connectivity index is 1.64. The third-order valence-corrected chi connectivity index (χ3v) is 4.52. The lowest BCUT2D eigenvalue weighted by Gasteiger charge is -2.07. The Morgan fingerprint density at radius 3 is 2.72 bits per heavy atom. The number of carbonyl (C=O) groups is 1. The normalized spacial score (nSPS) is 10.7. The predicted molar refractivity (Wildman–Crippen MR) is 94.7 cm³/mol. The number of anilines is 1. The maximum Gasteiger partial charge on any atom is 0.234 e. The molecule has 1 N–H and O–H groups in total. The predicted octanol–water partition coefficient (Wildman–Crippen LogP) is 3.06. The fourth-order valence-corrected chi connectivity index (χ4v) is 2.94. The van der Waals surface area contributed by atoms with E-state index in [1.54, 1.807) is 36.0 Å². The summed E-state index contributed by atoms with van der Waals surface area (Å²) in [6.07, 6.45) is 3.36. The number of rotatable bonds is 5. The lowest BCUT2D eigenvalue weighted by Crippen LogP contribution is -2.15. The molecule has 2 aromatic heterocycles. The number of thioether (sulfide) groups is 1. The van der Waals surface area contributed by atoms with E-state index in [9.17, 15) is 9.18 Å². The lowest BCUT2D eigenvalue weighted by atomic mass is 10.2. The molecule has 0 radical (unpaired) electrons. The number of amides is 1. The van der Waals surface area contributed by atoms with E-state index in [4.69, 9.17) is 0 Å². The van der Waals surface area contributed by atoms with E-state index in [-0.39, 0.29) is 17.3 Å². The van der Waals surface area contributed by atoms with Crippen molar-refractivity contribution in [1.82, 2.24) is 19.7 Å². The SMILES string of the molecule is Cc1ccc(NC(=O)CSc2nnc(-c3ccncc3)n2C)c(F)c1. The van der Waals surface area contributed by atoms with Gasteiger partial charge in [-0.05, 0) is 36.8 Å². The van der Waals surface area contributed by atoms with Gasteiger partial charge in [-0.25, -0.2) is 4.39 Å². The summed E-state index contributed by atoms with van der Waals surface area (Å²) in [5.41, 5.74) is 1.86. The van der Waals surface area contributed by atoms with Crippen LogP contribution in [0.15, 0.2) is 47.9 Å². The molecule has 0 fully saturated rings. The summed E-state index contributed by atoms with van der Waals surface area (Å²) in [5, 5.41) is 11.4. The van der Waals surface area contributed by atoms with Crippen LogP contribution < -0.4 is 5.32 Å². The largest absolute Gasteiger partial charge is 0.323 e. The van der Waals surface area contributed by atoms with Crippen molar-refractivity contribution < 1.29 is 9.18 Å². The van der Waals surface area contributed by atoms with Gasteiger partial charge in [0, 0.05) is 25.0 Å². The molecule has 0 saturated heterocycles. The first-order valence-corrected chi connectivity index (χ1v) is 8.52. The summed E-state index contributed by atoms with van der Waals surface area (Å²) in [4.78, 5) is 16.0. The molecule has 0 aliphatic carbocycles. The van der Waals surface area contributed by atoms with Gasteiger partial charge in [0.05, 0.1) is 11.4 Å². The number of halogens is 1. The van der Waals surface area contributed by atoms with Crippen LogP contribution in [0.5, 0.6) is 0 Å². The Bertz CT molecular complexity index is 897. The van der Waals surface area contributed by atoms with Crippen LogP contribution in [-0.4, -0.2) is 31.4 Å². The minimum absolute atomic E-state index is 0.107. The third kappa shape index (κ3) is 4.03. The summed E-state index contributed by atoms with van der Waals surface area (Å²) in [6.45, 7) is 1.79. The summed E-state index contributed by atoms with van der Waals surface area (Å²) in [7, 11) is 1.83. The monoisotopic (exact) mass is 357 g/mol. The Kier molecular flexibility index (Phi) is 5.08. The summed E-state index contributed by atoms with van der Waals surface area (Å²) >= 11 is 1.24. The van der Waals surface area contributed by atoms with Gasteiger partial charge in [-0.2, -0.15) is 0 Å². The fraction of sp³-hybridized carbons (Fsp3) is 0.176. The van der Waals surface area contributed by atoms with E-state index in [0.717, 1.165) is 11.1 Å². The van der Waals surface area contributed by atoms with Gasteiger partial charge >= 0.3 is 0 Å². The van der Waals surface area contributed by atoms with Gasteiger partial charge in [-0.15, -0.1) is 10.2 Å². The van der Waals surface area contributed by atoms with Crippen LogP contribution in [0.25, 0.3) is 11.4 Å². The van der Waals surface area contributed by atoms with Gasteiger partial charge in [0.25, 0.3) is 0 Å². The van der Waals surface area contributed by atoms with E-state index in [1.807, 2.05) is 19.2 Å². The fourth-order valence-electron chi connectivity index (χ4n) is 2.23. The minimum atomic E-state index is -0.447. The van der Waals surface area contributed by atoms with Gasteiger partial charge in [-0.1, -0.05) is 17.8 Å². The summed E-state index contributed by atoms with van der Waals surface area (Å²) in [5.74, 6) is 0.0448. The van der Waals surface area contributed by atoms with Gasteiger partial charge in [0.1, 0.15) is 5.82 Å². The highest BCUT2D eigenvalue weighted by Gasteiger charge is 2.13. The Labute approximate surface area is 148 Å². The van der Waals surface area contributed by atoms with Crippen molar-refractivity contribution in [2.75, 3.05) is 11.1 Å². The number of hydrogen-bond acceptors (Lipinski definition) is 5. The van der Waals surface area contributed by atoms with Crippen LogP contribution in [0.3, 0.4) is 0 Å². The van der Waals surface area contributed by atoms with Crippen LogP contribution in [0.4, 0.5) is 10.1 Å². The average Bonchev–Trinajstić information content (AvgIpc) is 2.97.